The Morgan fingerprint density at radius 1 is 1.33 bits per heavy atom. The third-order valence-corrected chi connectivity index (χ3v) is 4.58. The van der Waals surface area contributed by atoms with Crippen molar-refractivity contribution in [2.24, 2.45) is 0 Å². The number of hydrogen-bond donors (Lipinski definition) is 1. The Morgan fingerprint density at radius 2 is 2.11 bits per heavy atom. The number of thiazole rings is 1. The first-order valence-electron chi connectivity index (χ1n) is 6.61. The lowest BCUT2D eigenvalue weighted by molar-refractivity contribution is 0.153. The largest absolute Gasteiger partial charge is 0.387 e. The van der Waals surface area contributed by atoms with Gasteiger partial charge in [-0.2, -0.15) is 0 Å². The van der Waals surface area contributed by atoms with E-state index in [1.807, 2.05) is 0 Å². The maximum absolute atomic E-state index is 9.92. The van der Waals surface area contributed by atoms with Gasteiger partial charge >= 0.3 is 0 Å². The van der Waals surface area contributed by atoms with Crippen molar-refractivity contribution in [3.8, 4) is 0 Å². The van der Waals surface area contributed by atoms with Crippen LogP contribution in [0.5, 0.6) is 0 Å². The lowest BCUT2D eigenvalue weighted by Gasteiger charge is -2.17. The van der Waals surface area contributed by atoms with Crippen molar-refractivity contribution in [2.45, 2.75) is 31.8 Å². The molecule has 5 heteroatoms. The summed E-state index contributed by atoms with van der Waals surface area (Å²) >= 11 is 1.75. The number of rotatable bonds is 5. The molecule has 0 bridgehead atoms. The van der Waals surface area contributed by atoms with Crippen molar-refractivity contribution >= 4 is 16.5 Å². The summed E-state index contributed by atoms with van der Waals surface area (Å²) < 4.78 is 0. The smallest absolute Gasteiger partial charge is 0.185 e. The van der Waals surface area contributed by atoms with Crippen LogP contribution in [-0.2, 0) is 6.42 Å². The molecule has 18 heavy (non-hydrogen) atoms. The fraction of sp³-hybridized carbons (Fsp3) is 0.769. The summed E-state index contributed by atoms with van der Waals surface area (Å²) in [6.07, 6.45) is 3.82. The van der Waals surface area contributed by atoms with E-state index < -0.39 is 0 Å². The molecule has 1 aliphatic rings. The molecule has 1 aliphatic carbocycles. The van der Waals surface area contributed by atoms with Crippen LogP contribution in [0.4, 0.5) is 5.13 Å². The molecule has 4 nitrogen and oxygen atoms in total. The van der Waals surface area contributed by atoms with Gasteiger partial charge in [0.1, 0.15) is 0 Å². The van der Waals surface area contributed by atoms with Gasteiger partial charge in [0.25, 0.3) is 0 Å². The van der Waals surface area contributed by atoms with Crippen LogP contribution in [-0.4, -0.2) is 49.2 Å². The van der Waals surface area contributed by atoms with E-state index in [0.717, 1.165) is 49.6 Å². The molecule has 1 aromatic rings. The highest BCUT2D eigenvalue weighted by Gasteiger charge is 2.23. The molecule has 102 valence electrons. The Balaban J connectivity index is 1.96. The van der Waals surface area contributed by atoms with Crippen LogP contribution in [0.1, 0.15) is 35.9 Å². The van der Waals surface area contributed by atoms with Crippen LogP contribution in [0.25, 0.3) is 0 Å². The molecule has 1 atom stereocenters. The molecular weight excluding hydrogens is 246 g/mol. The zero-order chi connectivity index (χ0) is 13.1. The van der Waals surface area contributed by atoms with Crippen LogP contribution < -0.4 is 4.90 Å². The summed E-state index contributed by atoms with van der Waals surface area (Å²) in [7, 11) is 6.28. The molecule has 1 N–H and O–H groups in total. The third kappa shape index (κ3) is 3.22. The normalized spacial score (nSPS) is 19.1. The summed E-state index contributed by atoms with van der Waals surface area (Å²) in [6, 6.07) is 0. The third-order valence-electron chi connectivity index (χ3n) is 3.34. The minimum atomic E-state index is -0.339. The van der Waals surface area contributed by atoms with Gasteiger partial charge in [-0.15, -0.1) is 11.3 Å². The van der Waals surface area contributed by atoms with E-state index in [4.69, 9.17) is 0 Å². The van der Waals surface area contributed by atoms with Gasteiger partial charge in [0.05, 0.1) is 11.8 Å². The molecule has 0 fully saturated rings. The number of nitrogens with zero attached hydrogens (tertiary/aromatic N) is 3. The highest BCUT2D eigenvalue weighted by atomic mass is 32.1. The SMILES string of the molecule is CN(C)CCCN(C)c1nc2c(s1)CCCC2O. The molecule has 0 saturated carbocycles. The molecular formula is C13H23N3OS. The van der Waals surface area contributed by atoms with E-state index in [0.29, 0.717) is 0 Å². The lowest BCUT2D eigenvalue weighted by atomic mass is 10.0. The molecule has 0 spiro atoms. The lowest BCUT2D eigenvalue weighted by Crippen LogP contribution is -2.23. The summed E-state index contributed by atoms with van der Waals surface area (Å²) in [6.45, 7) is 2.11. The monoisotopic (exact) mass is 269 g/mol. The minimum Gasteiger partial charge on any atom is -0.387 e. The standard InChI is InChI=1S/C13H23N3OS/c1-15(2)8-5-9-16(3)13-14-12-10(17)6-4-7-11(12)18-13/h10,17H,4-9H2,1-3H3. The zero-order valence-corrected chi connectivity index (χ0v) is 12.3. The van der Waals surface area contributed by atoms with Crippen molar-refractivity contribution in [1.82, 2.24) is 9.88 Å². The fourth-order valence-corrected chi connectivity index (χ4v) is 3.41. The second-order valence-electron chi connectivity index (χ2n) is 5.29. The van der Waals surface area contributed by atoms with E-state index >= 15 is 0 Å². The second kappa shape index (κ2) is 5.99. The number of aromatic nitrogens is 1. The minimum absolute atomic E-state index is 0.339. The number of aliphatic hydroxyl groups is 1. The quantitative estimate of drug-likeness (QED) is 0.886. The van der Waals surface area contributed by atoms with Crippen molar-refractivity contribution in [2.75, 3.05) is 39.1 Å². The maximum atomic E-state index is 9.92. The predicted molar refractivity (Wildman–Crippen MR) is 76.5 cm³/mol. The number of aryl methyl sites for hydroxylation is 1. The Morgan fingerprint density at radius 3 is 2.78 bits per heavy atom. The van der Waals surface area contributed by atoms with Gasteiger partial charge in [-0.05, 0) is 46.3 Å². The molecule has 0 radical (unpaired) electrons. The number of hydrogen-bond acceptors (Lipinski definition) is 5. The average Bonchev–Trinajstić information content (AvgIpc) is 2.74. The van der Waals surface area contributed by atoms with Crippen molar-refractivity contribution in [3.05, 3.63) is 10.6 Å². The zero-order valence-electron chi connectivity index (χ0n) is 11.5. The molecule has 0 aromatic carbocycles. The van der Waals surface area contributed by atoms with Gasteiger partial charge in [0.2, 0.25) is 0 Å². The Hall–Kier alpha value is -0.650. The Kier molecular flexibility index (Phi) is 4.59. The summed E-state index contributed by atoms with van der Waals surface area (Å²) in [5.41, 5.74) is 0.931. The summed E-state index contributed by atoms with van der Waals surface area (Å²) in [5.74, 6) is 0. The Labute approximate surface area is 113 Å². The molecule has 1 heterocycles. The van der Waals surface area contributed by atoms with Crippen LogP contribution in [0.2, 0.25) is 0 Å². The van der Waals surface area contributed by atoms with Crippen molar-refractivity contribution in [3.63, 3.8) is 0 Å². The highest BCUT2D eigenvalue weighted by Crippen LogP contribution is 2.36. The first-order chi connectivity index (χ1) is 8.58. The Bertz CT molecular complexity index is 392. The molecule has 2 rings (SSSR count). The van der Waals surface area contributed by atoms with E-state index in [1.54, 1.807) is 11.3 Å². The van der Waals surface area contributed by atoms with Gasteiger partial charge in [-0.25, -0.2) is 4.98 Å². The van der Waals surface area contributed by atoms with Crippen molar-refractivity contribution in [1.29, 1.82) is 0 Å². The van der Waals surface area contributed by atoms with E-state index in [-0.39, 0.29) is 6.10 Å². The van der Waals surface area contributed by atoms with Crippen LogP contribution in [0, 0.1) is 0 Å². The van der Waals surface area contributed by atoms with Crippen LogP contribution >= 0.6 is 11.3 Å². The van der Waals surface area contributed by atoms with Gasteiger partial charge < -0.3 is 14.9 Å². The number of anilines is 1. The second-order valence-corrected chi connectivity index (χ2v) is 6.35. The predicted octanol–water partition coefficient (Wildman–Crippen LogP) is 1.90. The van der Waals surface area contributed by atoms with E-state index in [1.165, 1.54) is 4.88 Å². The summed E-state index contributed by atoms with van der Waals surface area (Å²) in [5, 5.41) is 11.0. The van der Waals surface area contributed by atoms with Gasteiger partial charge in [-0.1, -0.05) is 0 Å². The molecule has 0 saturated heterocycles. The average molecular weight is 269 g/mol. The molecule has 1 unspecified atom stereocenters. The molecule has 0 amide bonds. The summed E-state index contributed by atoms with van der Waals surface area (Å²) in [4.78, 5) is 10.3. The van der Waals surface area contributed by atoms with E-state index in [2.05, 4.69) is 35.9 Å². The number of aliphatic hydroxyl groups excluding tert-OH is 1. The first kappa shape index (κ1) is 13.8. The number of fused-ring (bicyclic) bond motifs is 1. The molecule has 0 aliphatic heterocycles. The van der Waals surface area contributed by atoms with Gasteiger partial charge in [-0.3, -0.25) is 0 Å². The first-order valence-corrected chi connectivity index (χ1v) is 7.43. The van der Waals surface area contributed by atoms with Crippen molar-refractivity contribution < 1.29 is 5.11 Å². The highest BCUT2D eigenvalue weighted by molar-refractivity contribution is 7.15. The molecule has 1 aromatic heterocycles. The van der Waals surface area contributed by atoms with Gasteiger partial charge in [0.15, 0.2) is 5.13 Å². The van der Waals surface area contributed by atoms with Crippen LogP contribution in [0.3, 0.4) is 0 Å². The fourth-order valence-electron chi connectivity index (χ4n) is 2.27. The van der Waals surface area contributed by atoms with E-state index in [9.17, 15) is 5.11 Å². The topological polar surface area (TPSA) is 39.6 Å². The van der Waals surface area contributed by atoms with Crippen LogP contribution in [0.15, 0.2) is 0 Å². The maximum Gasteiger partial charge on any atom is 0.185 e. The van der Waals surface area contributed by atoms with Gasteiger partial charge in [0, 0.05) is 18.5 Å².